The molecule has 1 aromatic rings. The van der Waals surface area contributed by atoms with E-state index < -0.39 is 17.7 Å². The van der Waals surface area contributed by atoms with Gasteiger partial charge in [-0.2, -0.15) is 0 Å². The van der Waals surface area contributed by atoms with Crippen LogP contribution < -0.4 is 5.32 Å². The summed E-state index contributed by atoms with van der Waals surface area (Å²) in [5.41, 5.74) is -0.236. The molecule has 0 aliphatic carbocycles. The number of esters is 1. The van der Waals surface area contributed by atoms with Crippen molar-refractivity contribution >= 4 is 18.1 Å². The van der Waals surface area contributed by atoms with E-state index in [2.05, 4.69) is 10.1 Å². The van der Waals surface area contributed by atoms with Crippen molar-refractivity contribution in [2.24, 2.45) is 0 Å². The number of rotatable bonds is 3. The molecule has 6 nitrogen and oxygen atoms in total. The Kier molecular flexibility index (Phi) is 5.35. The third-order valence-corrected chi connectivity index (χ3v) is 2.22. The zero-order valence-corrected chi connectivity index (χ0v) is 12.5. The van der Waals surface area contributed by atoms with Gasteiger partial charge in [-0.1, -0.05) is 12.1 Å². The predicted octanol–water partition coefficient (Wildman–Crippen LogP) is 2.43. The molecule has 6 heteroatoms. The Morgan fingerprint density at radius 3 is 2.48 bits per heavy atom. The predicted molar refractivity (Wildman–Crippen MR) is 77.5 cm³/mol. The van der Waals surface area contributed by atoms with E-state index in [-0.39, 0.29) is 11.4 Å². The zero-order valence-electron chi connectivity index (χ0n) is 12.5. The molecule has 1 aromatic carbocycles. The van der Waals surface area contributed by atoms with Crippen molar-refractivity contribution in [1.82, 2.24) is 5.32 Å². The molecule has 2 N–H and O–H groups in total. The lowest BCUT2D eigenvalue weighted by atomic mass is 10.2. The first-order valence-corrected chi connectivity index (χ1v) is 6.30. The van der Waals surface area contributed by atoms with Crippen LogP contribution in [0.2, 0.25) is 0 Å². The van der Waals surface area contributed by atoms with Gasteiger partial charge < -0.3 is 14.6 Å². The highest BCUT2D eigenvalue weighted by molar-refractivity contribution is 5.96. The third kappa shape index (κ3) is 5.99. The smallest absolute Gasteiger partial charge is 0.412 e. The van der Waals surface area contributed by atoms with Crippen LogP contribution in [0.1, 0.15) is 26.3 Å². The summed E-state index contributed by atoms with van der Waals surface area (Å²) in [6.45, 7) is 5.13. The van der Waals surface area contributed by atoms with Crippen molar-refractivity contribution in [3.05, 3.63) is 35.5 Å². The molecule has 0 saturated heterocycles. The first-order valence-electron chi connectivity index (χ1n) is 6.30. The van der Waals surface area contributed by atoms with Gasteiger partial charge in [0, 0.05) is 0 Å². The molecule has 0 unspecified atom stereocenters. The van der Waals surface area contributed by atoms with Crippen molar-refractivity contribution in [1.29, 1.82) is 0 Å². The Bertz CT molecular complexity index is 557. The molecular formula is C15H19NO5. The van der Waals surface area contributed by atoms with Gasteiger partial charge in [0.1, 0.15) is 17.0 Å². The van der Waals surface area contributed by atoms with E-state index in [1.807, 2.05) is 0 Å². The van der Waals surface area contributed by atoms with E-state index in [4.69, 9.17) is 4.74 Å². The van der Waals surface area contributed by atoms with Crippen LogP contribution in [0.5, 0.6) is 5.75 Å². The number of aromatic hydroxyl groups is 1. The van der Waals surface area contributed by atoms with Gasteiger partial charge in [0.2, 0.25) is 0 Å². The standard InChI is InChI=1S/C15H19NO5/c1-15(2,3)21-14(19)16-12(13(18)20-4)9-10-6-5-7-11(17)8-10/h5-9,17H,1-4H3,(H,16,19). The summed E-state index contributed by atoms with van der Waals surface area (Å²) in [4.78, 5) is 23.4. The minimum absolute atomic E-state index is 0.0465. The quantitative estimate of drug-likeness (QED) is 0.660. The summed E-state index contributed by atoms with van der Waals surface area (Å²) in [6.07, 6.45) is 0.620. The summed E-state index contributed by atoms with van der Waals surface area (Å²) in [7, 11) is 1.20. The second-order valence-corrected chi connectivity index (χ2v) is 5.27. The normalized spacial score (nSPS) is 11.7. The molecule has 0 saturated carbocycles. The molecule has 0 fully saturated rings. The topological polar surface area (TPSA) is 84.9 Å². The number of benzene rings is 1. The highest BCUT2D eigenvalue weighted by Gasteiger charge is 2.20. The highest BCUT2D eigenvalue weighted by atomic mass is 16.6. The van der Waals surface area contributed by atoms with Crippen LogP contribution in [0.15, 0.2) is 30.0 Å². The molecule has 0 spiro atoms. The van der Waals surface area contributed by atoms with E-state index in [0.717, 1.165) is 0 Å². The molecule has 0 heterocycles. The molecule has 21 heavy (non-hydrogen) atoms. The number of carbonyl (C=O) groups excluding carboxylic acids is 2. The fourth-order valence-electron chi connectivity index (χ4n) is 1.45. The molecule has 0 aromatic heterocycles. The monoisotopic (exact) mass is 293 g/mol. The maximum absolute atomic E-state index is 11.7. The van der Waals surface area contributed by atoms with Gasteiger partial charge in [-0.05, 0) is 44.5 Å². The van der Waals surface area contributed by atoms with Gasteiger partial charge in [-0.25, -0.2) is 9.59 Å². The molecular weight excluding hydrogens is 274 g/mol. The first kappa shape index (κ1) is 16.6. The van der Waals surface area contributed by atoms with E-state index in [0.29, 0.717) is 5.56 Å². The molecule has 0 aliphatic rings. The number of carbonyl (C=O) groups is 2. The van der Waals surface area contributed by atoms with Crippen LogP contribution in [0.25, 0.3) is 6.08 Å². The number of nitrogens with one attached hydrogen (secondary N) is 1. The molecule has 114 valence electrons. The number of alkyl carbamates (subject to hydrolysis) is 1. The van der Waals surface area contributed by atoms with E-state index >= 15 is 0 Å². The Labute approximate surface area is 123 Å². The maximum atomic E-state index is 11.7. The number of phenolic OH excluding ortho intramolecular Hbond substituents is 1. The average molecular weight is 293 g/mol. The van der Waals surface area contributed by atoms with Gasteiger partial charge in [0.25, 0.3) is 0 Å². The van der Waals surface area contributed by atoms with Gasteiger partial charge in [-0.15, -0.1) is 0 Å². The lowest BCUT2D eigenvalue weighted by Crippen LogP contribution is -2.34. The Morgan fingerprint density at radius 1 is 1.29 bits per heavy atom. The van der Waals surface area contributed by atoms with Crippen molar-refractivity contribution in [2.75, 3.05) is 7.11 Å². The number of methoxy groups -OCH3 is 1. The fraction of sp³-hybridized carbons (Fsp3) is 0.333. The summed E-state index contributed by atoms with van der Waals surface area (Å²) >= 11 is 0. The Morgan fingerprint density at radius 2 is 1.95 bits per heavy atom. The van der Waals surface area contributed by atoms with Crippen LogP contribution in [-0.4, -0.2) is 29.9 Å². The van der Waals surface area contributed by atoms with Crippen molar-refractivity contribution < 1.29 is 24.2 Å². The molecule has 1 rings (SSSR count). The average Bonchev–Trinajstić information content (AvgIpc) is 2.34. The highest BCUT2D eigenvalue weighted by Crippen LogP contribution is 2.14. The SMILES string of the molecule is COC(=O)C(=Cc1cccc(O)c1)NC(=O)OC(C)(C)C. The number of hydrogen-bond donors (Lipinski definition) is 2. The first-order chi connectivity index (χ1) is 9.71. The molecule has 0 radical (unpaired) electrons. The minimum Gasteiger partial charge on any atom is -0.508 e. The van der Waals surface area contributed by atoms with Gasteiger partial charge in [0.15, 0.2) is 0 Å². The number of hydrogen-bond acceptors (Lipinski definition) is 5. The van der Waals surface area contributed by atoms with E-state index in [1.54, 1.807) is 32.9 Å². The van der Waals surface area contributed by atoms with Crippen LogP contribution in [0.3, 0.4) is 0 Å². The lowest BCUT2D eigenvalue weighted by molar-refractivity contribution is -0.136. The summed E-state index contributed by atoms with van der Waals surface area (Å²) < 4.78 is 9.68. The second-order valence-electron chi connectivity index (χ2n) is 5.27. The van der Waals surface area contributed by atoms with E-state index in [9.17, 15) is 14.7 Å². The number of ether oxygens (including phenoxy) is 2. The number of amides is 1. The van der Waals surface area contributed by atoms with Crippen molar-refractivity contribution in [3.8, 4) is 5.75 Å². The molecule has 0 aliphatic heterocycles. The summed E-state index contributed by atoms with van der Waals surface area (Å²) in [5, 5.41) is 11.7. The number of phenols is 1. The summed E-state index contributed by atoms with van der Waals surface area (Å²) in [6, 6.07) is 6.22. The summed E-state index contributed by atoms with van der Waals surface area (Å²) in [5.74, 6) is -0.672. The van der Waals surface area contributed by atoms with Gasteiger partial charge in [0.05, 0.1) is 7.11 Å². The van der Waals surface area contributed by atoms with Crippen LogP contribution in [0.4, 0.5) is 4.79 Å². The van der Waals surface area contributed by atoms with Crippen molar-refractivity contribution in [3.63, 3.8) is 0 Å². The third-order valence-electron chi connectivity index (χ3n) is 2.22. The van der Waals surface area contributed by atoms with Gasteiger partial charge >= 0.3 is 12.1 Å². The second kappa shape index (κ2) is 6.78. The van der Waals surface area contributed by atoms with Crippen LogP contribution >= 0.6 is 0 Å². The van der Waals surface area contributed by atoms with E-state index in [1.165, 1.54) is 25.3 Å². The Hall–Kier alpha value is -2.50. The zero-order chi connectivity index (χ0) is 16.0. The lowest BCUT2D eigenvalue weighted by Gasteiger charge is -2.20. The Balaban J connectivity index is 2.96. The molecule has 0 atom stereocenters. The molecule has 0 bridgehead atoms. The van der Waals surface area contributed by atoms with Crippen molar-refractivity contribution in [2.45, 2.75) is 26.4 Å². The fourth-order valence-corrected chi connectivity index (χ4v) is 1.45. The largest absolute Gasteiger partial charge is 0.508 e. The molecule has 1 amide bonds. The maximum Gasteiger partial charge on any atom is 0.412 e. The van der Waals surface area contributed by atoms with Gasteiger partial charge in [-0.3, -0.25) is 5.32 Å². The minimum atomic E-state index is -0.765. The van der Waals surface area contributed by atoms with Crippen LogP contribution in [0, 0.1) is 0 Å². The van der Waals surface area contributed by atoms with Crippen LogP contribution in [-0.2, 0) is 14.3 Å².